The van der Waals surface area contributed by atoms with Crippen LogP contribution in [0.3, 0.4) is 0 Å². The van der Waals surface area contributed by atoms with Gasteiger partial charge in [-0.3, -0.25) is 0 Å². The first-order valence-corrected chi connectivity index (χ1v) is 4.45. The molecule has 1 aromatic rings. The van der Waals surface area contributed by atoms with E-state index in [9.17, 15) is 4.79 Å². The lowest BCUT2D eigenvalue weighted by Gasteiger charge is -2.06. The van der Waals surface area contributed by atoms with E-state index in [4.69, 9.17) is 4.42 Å². The smallest absolute Gasteiger partial charge is 0.318 e. The van der Waals surface area contributed by atoms with Crippen LogP contribution in [-0.4, -0.2) is 12.1 Å². The number of hydrogen-bond acceptors (Lipinski definition) is 2. The summed E-state index contributed by atoms with van der Waals surface area (Å²) in [5.74, 6) is 0.704. The van der Waals surface area contributed by atoms with Crippen LogP contribution < -0.4 is 10.6 Å². The van der Waals surface area contributed by atoms with Crippen molar-refractivity contribution in [1.82, 2.24) is 10.6 Å². The molecule has 1 heterocycles. The average Bonchev–Trinajstić information content (AvgIpc) is 2.55. The van der Waals surface area contributed by atoms with E-state index < -0.39 is 0 Å². The average molecular weight is 194 g/mol. The SMILES string of the molecule is CC(C)NC(=O)NC=Cc1ccco1. The van der Waals surface area contributed by atoms with Crippen molar-refractivity contribution >= 4 is 12.1 Å². The van der Waals surface area contributed by atoms with Gasteiger partial charge in [0.25, 0.3) is 0 Å². The van der Waals surface area contributed by atoms with Crippen molar-refractivity contribution in [3.63, 3.8) is 0 Å². The fourth-order valence-corrected chi connectivity index (χ4v) is 0.889. The molecule has 0 atom stereocenters. The summed E-state index contributed by atoms with van der Waals surface area (Å²) in [6, 6.07) is 3.50. The lowest BCUT2D eigenvalue weighted by atomic mass is 10.4. The Balaban J connectivity index is 2.30. The Bertz CT molecular complexity index is 302. The van der Waals surface area contributed by atoms with Gasteiger partial charge in [0.1, 0.15) is 5.76 Å². The highest BCUT2D eigenvalue weighted by molar-refractivity contribution is 5.75. The van der Waals surface area contributed by atoms with Gasteiger partial charge >= 0.3 is 6.03 Å². The van der Waals surface area contributed by atoms with E-state index in [0.29, 0.717) is 5.76 Å². The normalized spacial score (nSPS) is 10.8. The standard InChI is InChI=1S/C10H14N2O2/c1-8(2)12-10(13)11-6-5-9-4-3-7-14-9/h3-8H,1-2H3,(H2,11,12,13). The first-order valence-electron chi connectivity index (χ1n) is 4.45. The third kappa shape index (κ3) is 3.80. The van der Waals surface area contributed by atoms with Crippen molar-refractivity contribution < 1.29 is 9.21 Å². The van der Waals surface area contributed by atoms with Gasteiger partial charge in [0.05, 0.1) is 6.26 Å². The minimum Gasteiger partial charge on any atom is -0.465 e. The maximum Gasteiger partial charge on any atom is 0.318 e. The molecule has 4 heteroatoms. The molecule has 0 saturated heterocycles. The van der Waals surface area contributed by atoms with Crippen LogP contribution in [0.15, 0.2) is 29.0 Å². The Hall–Kier alpha value is -1.71. The van der Waals surface area contributed by atoms with Gasteiger partial charge in [-0.25, -0.2) is 4.79 Å². The molecule has 0 fully saturated rings. The van der Waals surface area contributed by atoms with Crippen LogP contribution in [0.25, 0.3) is 6.08 Å². The minimum absolute atomic E-state index is 0.131. The Morgan fingerprint density at radius 1 is 1.57 bits per heavy atom. The Morgan fingerprint density at radius 3 is 2.93 bits per heavy atom. The zero-order chi connectivity index (χ0) is 10.4. The van der Waals surface area contributed by atoms with Crippen LogP contribution in [0.2, 0.25) is 0 Å². The topological polar surface area (TPSA) is 54.3 Å². The summed E-state index contributed by atoms with van der Waals surface area (Å²) in [5.41, 5.74) is 0. The quantitative estimate of drug-likeness (QED) is 0.772. The molecule has 0 spiro atoms. The van der Waals surface area contributed by atoms with Gasteiger partial charge in [0.15, 0.2) is 0 Å². The third-order valence-electron chi connectivity index (χ3n) is 1.42. The Labute approximate surface area is 83.0 Å². The predicted octanol–water partition coefficient (Wildman–Crippen LogP) is 1.96. The van der Waals surface area contributed by atoms with Crippen molar-refractivity contribution in [3.8, 4) is 0 Å². The second-order valence-electron chi connectivity index (χ2n) is 3.12. The number of amides is 2. The summed E-state index contributed by atoms with van der Waals surface area (Å²) in [5, 5.41) is 5.25. The molecule has 0 aromatic carbocycles. The van der Waals surface area contributed by atoms with Gasteiger partial charge in [0, 0.05) is 12.2 Å². The highest BCUT2D eigenvalue weighted by atomic mass is 16.3. The van der Waals surface area contributed by atoms with Crippen molar-refractivity contribution in [2.24, 2.45) is 0 Å². The zero-order valence-electron chi connectivity index (χ0n) is 8.28. The lowest BCUT2D eigenvalue weighted by molar-refractivity contribution is 0.242. The summed E-state index contributed by atoms with van der Waals surface area (Å²) in [4.78, 5) is 11.1. The van der Waals surface area contributed by atoms with Gasteiger partial charge in [-0.15, -0.1) is 0 Å². The van der Waals surface area contributed by atoms with E-state index in [-0.39, 0.29) is 12.1 Å². The Morgan fingerprint density at radius 2 is 2.36 bits per heavy atom. The number of nitrogens with one attached hydrogen (secondary N) is 2. The van der Waals surface area contributed by atoms with Crippen LogP contribution >= 0.6 is 0 Å². The third-order valence-corrected chi connectivity index (χ3v) is 1.42. The fraction of sp³-hybridized carbons (Fsp3) is 0.300. The molecule has 0 radical (unpaired) electrons. The van der Waals surface area contributed by atoms with E-state index in [2.05, 4.69) is 10.6 Å². The first-order chi connectivity index (χ1) is 6.68. The number of urea groups is 1. The van der Waals surface area contributed by atoms with Gasteiger partial charge < -0.3 is 15.1 Å². The summed E-state index contributed by atoms with van der Waals surface area (Å²) in [7, 11) is 0. The molecule has 0 saturated carbocycles. The molecule has 0 aliphatic rings. The summed E-state index contributed by atoms with van der Waals surface area (Å²) in [6.45, 7) is 3.80. The molecular weight excluding hydrogens is 180 g/mol. The highest BCUT2D eigenvalue weighted by Crippen LogP contribution is 2.00. The summed E-state index contributed by atoms with van der Waals surface area (Å²) >= 11 is 0. The van der Waals surface area contributed by atoms with E-state index in [1.165, 1.54) is 6.20 Å². The molecule has 1 rings (SSSR count). The molecular formula is C10H14N2O2. The molecule has 2 amide bonds. The second kappa shape index (κ2) is 5.11. The molecule has 0 bridgehead atoms. The number of furan rings is 1. The maximum absolute atomic E-state index is 11.1. The van der Waals surface area contributed by atoms with Gasteiger partial charge in [0.2, 0.25) is 0 Å². The molecule has 0 aliphatic carbocycles. The van der Waals surface area contributed by atoms with E-state index in [1.807, 2.05) is 13.8 Å². The molecule has 1 aromatic heterocycles. The predicted molar refractivity (Wildman–Crippen MR) is 54.5 cm³/mol. The van der Waals surface area contributed by atoms with Gasteiger partial charge in [-0.05, 0) is 32.1 Å². The van der Waals surface area contributed by atoms with Crippen LogP contribution in [-0.2, 0) is 0 Å². The largest absolute Gasteiger partial charge is 0.465 e. The molecule has 14 heavy (non-hydrogen) atoms. The van der Waals surface area contributed by atoms with Crippen LogP contribution in [0.4, 0.5) is 4.79 Å². The van der Waals surface area contributed by atoms with Crippen molar-refractivity contribution in [2.75, 3.05) is 0 Å². The summed E-state index contributed by atoms with van der Waals surface area (Å²) in [6.07, 6.45) is 4.80. The first kappa shape index (κ1) is 10.4. The van der Waals surface area contributed by atoms with E-state index in [1.54, 1.807) is 24.5 Å². The molecule has 0 unspecified atom stereocenters. The highest BCUT2D eigenvalue weighted by Gasteiger charge is 1.98. The maximum atomic E-state index is 11.1. The van der Waals surface area contributed by atoms with Crippen LogP contribution in [0.1, 0.15) is 19.6 Å². The number of hydrogen-bond donors (Lipinski definition) is 2. The summed E-state index contributed by atoms with van der Waals surface area (Å²) < 4.78 is 5.04. The number of carbonyl (C=O) groups excluding carboxylic acids is 1. The van der Waals surface area contributed by atoms with Crippen molar-refractivity contribution in [3.05, 3.63) is 30.4 Å². The van der Waals surface area contributed by atoms with Crippen molar-refractivity contribution in [1.29, 1.82) is 0 Å². The van der Waals surface area contributed by atoms with Crippen molar-refractivity contribution in [2.45, 2.75) is 19.9 Å². The Kier molecular flexibility index (Phi) is 3.79. The lowest BCUT2D eigenvalue weighted by Crippen LogP contribution is -2.36. The molecule has 4 nitrogen and oxygen atoms in total. The number of carbonyl (C=O) groups is 1. The molecule has 2 N–H and O–H groups in total. The molecule has 76 valence electrons. The van der Waals surface area contributed by atoms with Gasteiger partial charge in [-0.2, -0.15) is 0 Å². The monoisotopic (exact) mass is 194 g/mol. The van der Waals surface area contributed by atoms with Crippen LogP contribution in [0, 0.1) is 0 Å². The molecule has 0 aliphatic heterocycles. The van der Waals surface area contributed by atoms with E-state index >= 15 is 0 Å². The van der Waals surface area contributed by atoms with Crippen LogP contribution in [0.5, 0.6) is 0 Å². The van der Waals surface area contributed by atoms with Gasteiger partial charge in [-0.1, -0.05) is 0 Å². The van der Waals surface area contributed by atoms with E-state index in [0.717, 1.165) is 0 Å². The minimum atomic E-state index is -0.220. The number of rotatable bonds is 3. The zero-order valence-corrected chi connectivity index (χ0v) is 8.28. The fourth-order valence-electron chi connectivity index (χ4n) is 0.889. The second-order valence-corrected chi connectivity index (χ2v) is 3.12.